The van der Waals surface area contributed by atoms with Gasteiger partial charge in [-0.15, -0.1) is 0 Å². The van der Waals surface area contributed by atoms with Gasteiger partial charge in [-0.25, -0.2) is 0 Å². The van der Waals surface area contributed by atoms with Gasteiger partial charge in [-0.1, -0.05) is 50.2 Å². The summed E-state index contributed by atoms with van der Waals surface area (Å²) in [5, 5.41) is 3.38. The molecule has 2 amide bonds. The monoisotopic (exact) mass is 647 g/mol. The van der Waals surface area contributed by atoms with Crippen LogP contribution in [0.25, 0.3) is 22.0 Å². The third kappa shape index (κ3) is 6.92. The molecule has 0 aliphatic carbocycles. The minimum atomic E-state index is -0.296. The third-order valence-electron chi connectivity index (χ3n) is 8.87. The second kappa shape index (κ2) is 14.7. The number of carbonyl (C=O) groups excluding carboxylic acids is 2. The average molecular weight is 648 g/mol. The SMILES string of the molecule is CCNC(=O)c1cc2c(-c3ccc(C(=O)N(CCN(CC)CC)c4ccccc4C)cc3Oc3c(C)cccc3C)cn(C)c(=O)c2[nH]1. The van der Waals surface area contributed by atoms with Crippen LogP contribution in [-0.4, -0.2) is 59.0 Å². The lowest BCUT2D eigenvalue weighted by molar-refractivity contribution is 0.0950. The summed E-state index contributed by atoms with van der Waals surface area (Å²) >= 11 is 0. The van der Waals surface area contributed by atoms with E-state index in [0.29, 0.717) is 57.9 Å². The van der Waals surface area contributed by atoms with Crippen LogP contribution >= 0.6 is 0 Å². The summed E-state index contributed by atoms with van der Waals surface area (Å²) in [6.45, 7) is 15.6. The Balaban J connectivity index is 1.69. The van der Waals surface area contributed by atoms with Gasteiger partial charge in [-0.3, -0.25) is 14.4 Å². The first-order valence-electron chi connectivity index (χ1n) is 16.6. The number of benzene rings is 3. The number of ether oxygens (including phenoxy) is 1. The highest BCUT2D eigenvalue weighted by molar-refractivity contribution is 6.08. The number of nitrogens with one attached hydrogen (secondary N) is 2. The number of amides is 2. The molecule has 5 aromatic rings. The van der Waals surface area contributed by atoms with Crippen LogP contribution in [0, 0.1) is 20.8 Å². The van der Waals surface area contributed by atoms with Crippen LogP contribution in [0.3, 0.4) is 0 Å². The van der Waals surface area contributed by atoms with E-state index in [9.17, 15) is 14.4 Å². The number of nitrogens with zero attached hydrogens (tertiary/aromatic N) is 3. The fourth-order valence-electron chi connectivity index (χ4n) is 6.09. The predicted molar refractivity (Wildman–Crippen MR) is 194 cm³/mol. The third-order valence-corrected chi connectivity index (χ3v) is 8.87. The standard InChI is InChI=1S/C39H45N5O4/c1-8-40-37(45)32-23-30-31(24-42(7)39(47)35(30)41-32)29-19-18-28(22-34(29)48-36-26(5)15-13-16-27(36)6)38(46)44(21-20-43(9-2)10-3)33-17-12-11-14-25(33)4/h11-19,22-24,41H,8-10,20-21H2,1-7H3,(H,40,45). The van der Waals surface area contributed by atoms with Crippen LogP contribution in [0.2, 0.25) is 0 Å². The molecule has 0 saturated carbocycles. The quantitative estimate of drug-likeness (QED) is 0.152. The number of aromatic amines is 1. The smallest absolute Gasteiger partial charge is 0.274 e. The van der Waals surface area contributed by atoms with Gasteiger partial charge in [0.2, 0.25) is 0 Å². The van der Waals surface area contributed by atoms with Crippen molar-refractivity contribution >= 4 is 28.4 Å². The molecule has 9 heteroatoms. The van der Waals surface area contributed by atoms with Crippen LogP contribution < -0.4 is 20.5 Å². The fourth-order valence-corrected chi connectivity index (χ4v) is 6.09. The van der Waals surface area contributed by atoms with Gasteiger partial charge in [0.15, 0.2) is 0 Å². The molecule has 0 fully saturated rings. The number of aromatic nitrogens is 2. The van der Waals surface area contributed by atoms with Gasteiger partial charge >= 0.3 is 0 Å². The number of aryl methyl sites for hydroxylation is 4. The first kappa shape index (κ1) is 34.2. The number of likely N-dealkylation sites (N-methyl/N-ethyl adjacent to an activating group) is 1. The number of anilines is 1. The van der Waals surface area contributed by atoms with E-state index in [4.69, 9.17) is 4.74 Å². The Morgan fingerprint density at radius 3 is 2.21 bits per heavy atom. The molecule has 2 aromatic heterocycles. The molecule has 2 heterocycles. The first-order valence-corrected chi connectivity index (χ1v) is 16.6. The maximum atomic E-state index is 14.5. The second-order valence-electron chi connectivity index (χ2n) is 12.1. The predicted octanol–water partition coefficient (Wildman–Crippen LogP) is 6.99. The number of hydrogen-bond donors (Lipinski definition) is 2. The van der Waals surface area contributed by atoms with Crippen molar-refractivity contribution in [2.45, 2.75) is 41.5 Å². The van der Waals surface area contributed by atoms with Crippen LogP contribution in [0.5, 0.6) is 11.5 Å². The van der Waals surface area contributed by atoms with E-state index < -0.39 is 0 Å². The summed E-state index contributed by atoms with van der Waals surface area (Å²) in [5.41, 5.74) is 5.97. The lowest BCUT2D eigenvalue weighted by atomic mass is 9.99. The number of rotatable bonds is 12. The number of hydrogen-bond acceptors (Lipinski definition) is 5. The van der Waals surface area contributed by atoms with Crippen LogP contribution in [0.1, 0.15) is 58.3 Å². The van der Waals surface area contributed by atoms with Crippen molar-refractivity contribution in [2.24, 2.45) is 7.05 Å². The molecule has 0 radical (unpaired) electrons. The number of H-pyrrole nitrogens is 1. The summed E-state index contributed by atoms with van der Waals surface area (Å²) in [5.74, 6) is 0.724. The number of carbonyl (C=O) groups is 2. The van der Waals surface area contributed by atoms with Gasteiger partial charge in [-0.05, 0) is 87.8 Å². The molecule has 2 N–H and O–H groups in total. The largest absolute Gasteiger partial charge is 0.456 e. The Labute approximate surface area is 282 Å². The minimum absolute atomic E-state index is 0.139. The zero-order valence-corrected chi connectivity index (χ0v) is 28.9. The highest BCUT2D eigenvalue weighted by atomic mass is 16.5. The average Bonchev–Trinajstić information content (AvgIpc) is 3.53. The van der Waals surface area contributed by atoms with Crippen molar-refractivity contribution in [3.63, 3.8) is 0 Å². The molecule has 48 heavy (non-hydrogen) atoms. The van der Waals surface area contributed by atoms with Crippen LogP contribution in [0.4, 0.5) is 5.69 Å². The van der Waals surface area contributed by atoms with Gasteiger partial charge in [0.1, 0.15) is 22.7 Å². The molecule has 0 unspecified atom stereocenters. The van der Waals surface area contributed by atoms with E-state index in [1.807, 2.05) is 87.2 Å². The lowest BCUT2D eigenvalue weighted by Crippen LogP contribution is -2.39. The van der Waals surface area contributed by atoms with Gasteiger partial charge in [0, 0.05) is 60.6 Å². The molecular formula is C39H45N5O4. The number of para-hydroxylation sites is 2. The zero-order valence-electron chi connectivity index (χ0n) is 28.9. The van der Waals surface area contributed by atoms with E-state index in [1.54, 1.807) is 25.4 Å². The molecule has 0 saturated heterocycles. The van der Waals surface area contributed by atoms with E-state index in [1.165, 1.54) is 4.57 Å². The molecule has 0 aliphatic rings. The molecule has 0 bridgehead atoms. The molecule has 0 aliphatic heterocycles. The zero-order chi connectivity index (χ0) is 34.5. The molecular weight excluding hydrogens is 602 g/mol. The minimum Gasteiger partial charge on any atom is -0.456 e. The van der Waals surface area contributed by atoms with Gasteiger partial charge in [-0.2, -0.15) is 0 Å². The Kier molecular flexibility index (Phi) is 10.5. The summed E-state index contributed by atoms with van der Waals surface area (Å²) in [4.78, 5) is 47.7. The van der Waals surface area contributed by atoms with Crippen molar-refractivity contribution in [1.82, 2.24) is 19.8 Å². The highest BCUT2D eigenvalue weighted by Crippen LogP contribution is 2.39. The first-order chi connectivity index (χ1) is 23.1. The van der Waals surface area contributed by atoms with Gasteiger partial charge in [0.25, 0.3) is 17.4 Å². The lowest BCUT2D eigenvalue weighted by Gasteiger charge is -2.28. The normalized spacial score (nSPS) is 11.2. The summed E-state index contributed by atoms with van der Waals surface area (Å²) < 4.78 is 8.21. The maximum Gasteiger partial charge on any atom is 0.274 e. The van der Waals surface area contributed by atoms with Crippen molar-refractivity contribution in [1.29, 1.82) is 0 Å². The van der Waals surface area contributed by atoms with Crippen molar-refractivity contribution < 1.29 is 14.3 Å². The number of fused-ring (bicyclic) bond motifs is 1. The maximum absolute atomic E-state index is 14.5. The van der Waals surface area contributed by atoms with Crippen molar-refractivity contribution in [2.75, 3.05) is 37.6 Å². The molecule has 5 rings (SSSR count). The van der Waals surface area contributed by atoms with Crippen LogP contribution in [-0.2, 0) is 7.05 Å². The molecule has 0 spiro atoms. The summed E-state index contributed by atoms with van der Waals surface area (Å²) in [6, 6.07) is 21.1. The number of pyridine rings is 1. The van der Waals surface area contributed by atoms with Crippen molar-refractivity contribution in [3.8, 4) is 22.6 Å². The Morgan fingerprint density at radius 1 is 0.854 bits per heavy atom. The van der Waals surface area contributed by atoms with Crippen LogP contribution in [0.15, 0.2) is 77.7 Å². The Hall–Kier alpha value is -5.15. The molecule has 250 valence electrons. The highest BCUT2D eigenvalue weighted by Gasteiger charge is 2.24. The molecule has 0 atom stereocenters. The van der Waals surface area contributed by atoms with Gasteiger partial charge < -0.3 is 29.4 Å². The Bertz CT molecular complexity index is 2000. The summed E-state index contributed by atoms with van der Waals surface area (Å²) in [7, 11) is 1.68. The fraction of sp³-hybridized carbons (Fsp3) is 0.308. The topological polar surface area (TPSA) is 99.7 Å². The van der Waals surface area contributed by atoms with E-state index in [-0.39, 0.29) is 17.4 Å². The molecule has 9 nitrogen and oxygen atoms in total. The van der Waals surface area contributed by atoms with Crippen molar-refractivity contribution in [3.05, 3.63) is 111 Å². The van der Waals surface area contributed by atoms with E-state index in [2.05, 4.69) is 29.0 Å². The van der Waals surface area contributed by atoms with E-state index >= 15 is 0 Å². The van der Waals surface area contributed by atoms with E-state index in [0.717, 1.165) is 42.0 Å². The summed E-state index contributed by atoms with van der Waals surface area (Å²) in [6.07, 6.45) is 1.75. The van der Waals surface area contributed by atoms with Gasteiger partial charge in [0.05, 0.1) is 0 Å². The Morgan fingerprint density at radius 2 is 1.54 bits per heavy atom. The molecule has 3 aromatic carbocycles. The second-order valence-corrected chi connectivity index (χ2v) is 12.1.